The molecule has 1 atom stereocenters. The maximum Gasteiger partial charge on any atom is 0.306 e. The largest absolute Gasteiger partial charge is 0.481 e. The van der Waals surface area contributed by atoms with E-state index >= 15 is 0 Å². The Balaban J connectivity index is 2.51. The van der Waals surface area contributed by atoms with Crippen LogP contribution in [0.1, 0.15) is 6.42 Å². The first-order valence-electron chi connectivity index (χ1n) is 4.40. The number of nitrogen functional groups attached to an aromatic ring is 2. The molecule has 0 saturated heterocycles. The number of carbonyl (C=O) groups is 1. The number of hydrogen-bond donors (Lipinski definition) is 4. The van der Waals surface area contributed by atoms with Crippen LogP contribution in [-0.2, 0) is 4.79 Å². The molecule has 1 heterocycles. The number of rotatable bonds is 5. The minimum absolute atomic E-state index is 0.176. The van der Waals surface area contributed by atoms with Crippen LogP contribution in [0.2, 0.25) is 0 Å². The Morgan fingerprint density at radius 1 is 1.44 bits per heavy atom. The Kier molecular flexibility index (Phi) is 4.32. The maximum absolute atomic E-state index is 10.3. The number of aliphatic carboxylic acids is 1. The molecule has 0 aliphatic carbocycles. The van der Waals surface area contributed by atoms with E-state index in [0.29, 0.717) is 5.16 Å². The van der Waals surface area contributed by atoms with Crippen LogP contribution in [0.5, 0.6) is 0 Å². The molecule has 0 amide bonds. The third-order valence-corrected chi connectivity index (χ3v) is 2.55. The third-order valence-electron chi connectivity index (χ3n) is 1.56. The molecule has 1 rings (SSSR count). The van der Waals surface area contributed by atoms with E-state index in [-0.39, 0.29) is 23.8 Å². The van der Waals surface area contributed by atoms with Crippen molar-refractivity contribution in [3.8, 4) is 0 Å². The number of carboxylic acid groups (broad SMARTS) is 1. The highest BCUT2D eigenvalue weighted by Crippen LogP contribution is 2.17. The molecular formula is C8H12N4O3S. The molecule has 0 fully saturated rings. The van der Waals surface area contributed by atoms with Crippen molar-refractivity contribution in [3.63, 3.8) is 0 Å². The SMILES string of the molecule is Nc1cc(N)nc(SCC(O)CC(=O)O)n1. The number of aromatic nitrogens is 2. The van der Waals surface area contributed by atoms with Gasteiger partial charge in [0.2, 0.25) is 0 Å². The second kappa shape index (κ2) is 5.52. The highest BCUT2D eigenvalue weighted by Gasteiger charge is 2.11. The van der Waals surface area contributed by atoms with E-state index in [1.165, 1.54) is 6.07 Å². The molecule has 16 heavy (non-hydrogen) atoms. The number of thioether (sulfide) groups is 1. The van der Waals surface area contributed by atoms with Gasteiger partial charge in [0.15, 0.2) is 5.16 Å². The maximum atomic E-state index is 10.3. The molecule has 7 nitrogen and oxygen atoms in total. The van der Waals surface area contributed by atoms with Gasteiger partial charge in [-0.25, -0.2) is 9.97 Å². The highest BCUT2D eigenvalue weighted by molar-refractivity contribution is 7.99. The average molecular weight is 244 g/mol. The monoisotopic (exact) mass is 244 g/mol. The van der Waals surface area contributed by atoms with E-state index in [0.717, 1.165) is 11.8 Å². The van der Waals surface area contributed by atoms with Crippen LogP contribution in [0.25, 0.3) is 0 Å². The molecule has 1 aromatic heterocycles. The van der Waals surface area contributed by atoms with Gasteiger partial charge in [0, 0.05) is 11.8 Å². The highest BCUT2D eigenvalue weighted by atomic mass is 32.2. The topological polar surface area (TPSA) is 135 Å². The van der Waals surface area contributed by atoms with Gasteiger partial charge in [-0.1, -0.05) is 11.8 Å². The van der Waals surface area contributed by atoms with Crippen molar-refractivity contribution >= 4 is 29.4 Å². The van der Waals surface area contributed by atoms with E-state index in [2.05, 4.69) is 9.97 Å². The van der Waals surface area contributed by atoms with Crippen molar-refractivity contribution in [2.75, 3.05) is 17.2 Å². The van der Waals surface area contributed by atoms with E-state index in [1.54, 1.807) is 0 Å². The summed E-state index contributed by atoms with van der Waals surface area (Å²) in [6.07, 6.45) is -1.26. The Morgan fingerprint density at radius 3 is 2.50 bits per heavy atom. The Hall–Kier alpha value is -1.54. The molecule has 6 N–H and O–H groups in total. The van der Waals surface area contributed by atoms with Crippen LogP contribution in [0.4, 0.5) is 11.6 Å². The van der Waals surface area contributed by atoms with Crippen molar-refractivity contribution in [1.82, 2.24) is 9.97 Å². The van der Waals surface area contributed by atoms with Crippen LogP contribution in [0, 0.1) is 0 Å². The molecule has 1 unspecified atom stereocenters. The fraction of sp³-hybridized carbons (Fsp3) is 0.375. The lowest BCUT2D eigenvalue weighted by Crippen LogP contribution is -2.15. The van der Waals surface area contributed by atoms with Gasteiger partial charge < -0.3 is 21.7 Å². The van der Waals surface area contributed by atoms with Gasteiger partial charge in [-0.15, -0.1) is 0 Å². The number of carboxylic acids is 1. The Labute approximate surface area is 95.9 Å². The molecular weight excluding hydrogens is 232 g/mol. The number of anilines is 2. The standard InChI is InChI=1S/C8H12N4O3S/c9-5-2-6(10)12-8(11-5)16-3-4(13)1-7(14)15/h2,4,13H,1,3H2,(H,14,15)(H4,9,10,11,12). The summed E-state index contributed by atoms with van der Waals surface area (Å²) in [5.74, 6) is -0.401. The van der Waals surface area contributed by atoms with Crippen molar-refractivity contribution in [2.45, 2.75) is 17.7 Å². The predicted molar refractivity (Wildman–Crippen MR) is 59.8 cm³/mol. The fourth-order valence-corrected chi connectivity index (χ4v) is 1.76. The molecule has 8 heteroatoms. The van der Waals surface area contributed by atoms with Gasteiger partial charge in [0.1, 0.15) is 11.6 Å². The third kappa shape index (κ3) is 4.32. The lowest BCUT2D eigenvalue weighted by atomic mass is 10.3. The summed E-state index contributed by atoms with van der Waals surface area (Å²) in [7, 11) is 0. The summed E-state index contributed by atoms with van der Waals surface area (Å²) in [6.45, 7) is 0. The van der Waals surface area contributed by atoms with Crippen molar-refractivity contribution in [1.29, 1.82) is 0 Å². The molecule has 0 bridgehead atoms. The number of aliphatic hydroxyl groups is 1. The molecule has 0 aromatic carbocycles. The van der Waals surface area contributed by atoms with E-state index in [4.69, 9.17) is 16.6 Å². The van der Waals surface area contributed by atoms with Crippen LogP contribution >= 0.6 is 11.8 Å². The summed E-state index contributed by atoms with van der Waals surface area (Å²) < 4.78 is 0. The second-order valence-corrected chi connectivity index (χ2v) is 4.05. The smallest absolute Gasteiger partial charge is 0.306 e. The zero-order chi connectivity index (χ0) is 12.1. The number of aliphatic hydroxyl groups excluding tert-OH is 1. The van der Waals surface area contributed by atoms with Crippen LogP contribution in [0.15, 0.2) is 11.2 Å². The normalized spacial score (nSPS) is 12.3. The molecule has 0 spiro atoms. The zero-order valence-electron chi connectivity index (χ0n) is 8.33. The first-order chi connectivity index (χ1) is 7.47. The molecule has 0 aliphatic heterocycles. The quantitative estimate of drug-likeness (QED) is 0.404. The van der Waals surface area contributed by atoms with Crippen LogP contribution < -0.4 is 11.5 Å². The molecule has 0 radical (unpaired) electrons. The molecule has 0 saturated carbocycles. The Bertz CT molecular complexity index is 367. The number of hydrogen-bond acceptors (Lipinski definition) is 7. The van der Waals surface area contributed by atoms with E-state index in [9.17, 15) is 9.90 Å². The minimum atomic E-state index is -1.05. The number of nitrogens with two attached hydrogens (primary N) is 2. The van der Waals surface area contributed by atoms with Crippen molar-refractivity contribution < 1.29 is 15.0 Å². The lowest BCUT2D eigenvalue weighted by Gasteiger charge is -2.06. The van der Waals surface area contributed by atoms with E-state index in [1.807, 2.05) is 0 Å². The lowest BCUT2D eigenvalue weighted by molar-refractivity contribution is -0.138. The van der Waals surface area contributed by atoms with Gasteiger partial charge in [-0.05, 0) is 0 Å². The van der Waals surface area contributed by atoms with Crippen molar-refractivity contribution in [2.24, 2.45) is 0 Å². The summed E-state index contributed by atoms with van der Waals surface area (Å²) in [5.41, 5.74) is 10.9. The summed E-state index contributed by atoms with van der Waals surface area (Å²) in [5, 5.41) is 18.0. The van der Waals surface area contributed by atoms with Gasteiger partial charge >= 0.3 is 5.97 Å². The van der Waals surface area contributed by atoms with Crippen molar-refractivity contribution in [3.05, 3.63) is 6.07 Å². The summed E-state index contributed by atoms with van der Waals surface area (Å²) in [6, 6.07) is 1.41. The minimum Gasteiger partial charge on any atom is -0.481 e. The fourth-order valence-electron chi connectivity index (χ4n) is 0.958. The summed E-state index contributed by atoms with van der Waals surface area (Å²) >= 11 is 1.10. The average Bonchev–Trinajstić information content (AvgIpc) is 2.12. The van der Waals surface area contributed by atoms with Gasteiger partial charge in [-0.3, -0.25) is 4.79 Å². The van der Waals surface area contributed by atoms with Crippen LogP contribution in [-0.4, -0.2) is 38.0 Å². The molecule has 88 valence electrons. The number of nitrogens with zero attached hydrogens (tertiary/aromatic N) is 2. The first-order valence-corrected chi connectivity index (χ1v) is 5.38. The zero-order valence-corrected chi connectivity index (χ0v) is 9.15. The summed E-state index contributed by atoms with van der Waals surface area (Å²) in [4.78, 5) is 18.0. The second-order valence-electron chi connectivity index (χ2n) is 3.06. The Morgan fingerprint density at radius 2 is 2.00 bits per heavy atom. The van der Waals surface area contributed by atoms with Gasteiger partial charge in [0.25, 0.3) is 0 Å². The van der Waals surface area contributed by atoms with E-state index < -0.39 is 12.1 Å². The van der Waals surface area contributed by atoms with Gasteiger partial charge in [0.05, 0.1) is 12.5 Å². The molecule has 0 aliphatic rings. The predicted octanol–water partition coefficient (Wildman–Crippen LogP) is -0.431. The van der Waals surface area contributed by atoms with Crippen LogP contribution in [0.3, 0.4) is 0 Å². The first kappa shape index (κ1) is 12.5. The molecule has 1 aromatic rings. The van der Waals surface area contributed by atoms with Gasteiger partial charge in [-0.2, -0.15) is 0 Å².